The fourth-order valence-electron chi connectivity index (χ4n) is 1.55. The molecule has 2 aromatic rings. The molecule has 2 rings (SSSR count). The second kappa shape index (κ2) is 6.74. The largest absolute Gasteiger partial charge is 0.478 e. The Bertz CT molecular complexity index is 716. The summed E-state index contributed by atoms with van der Waals surface area (Å²) in [7, 11) is 0. The van der Waals surface area contributed by atoms with Gasteiger partial charge in [-0.1, -0.05) is 17.7 Å². The monoisotopic (exact) mass is 370 g/mol. The predicted octanol–water partition coefficient (Wildman–Crippen LogP) is 5.13. The molecule has 0 spiro atoms. The summed E-state index contributed by atoms with van der Waals surface area (Å²) in [6.07, 6.45) is 2.44. The Balaban J connectivity index is 2.23. The SMILES string of the molecule is O=C(O)/C=C/c1ccc(Oc2ccc(F)cc2Br)c(Cl)c1. The van der Waals surface area contributed by atoms with Crippen molar-refractivity contribution < 1.29 is 19.0 Å². The van der Waals surface area contributed by atoms with Crippen LogP contribution in [0.3, 0.4) is 0 Å². The van der Waals surface area contributed by atoms with Crippen LogP contribution in [0.15, 0.2) is 46.9 Å². The molecule has 0 fully saturated rings. The summed E-state index contributed by atoms with van der Waals surface area (Å²) < 4.78 is 19.1. The van der Waals surface area contributed by atoms with E-state index in [1.165, 1.54) is 24.3 Å². The molecule has 0 aliphatic heterocycles. The first-order valence-corrected chi connectivity index (χ1v) is 6.96. The Kier molecular flexibility index (Phi) is 4.98. The van der Waals surface area contributed by atoms with Crippen molar-refractivity contribution in [1.82, 2.24) is 0 Å². The summed E-state index contributed by atoms with van der Waals surface area (Å²) in [5.41, 5.74) is 0.632. The predicted molar refractivity (Wildman–Crippen MR) is 82.3 cm³/mol. The number of hydrogen-bond acceptors (Lipinski definition) is 2. The van der Waals surface area contributed by atoms with E-state index in [1.54, 1.807) is 18.2 Å². The zero-order valence-corrected chi connectivity index (χ0v) is 12.9. The van der Waals surface area contributed by atoms with Gasteiger partial charge in [-0.15, -0.1) is 0 Å². The highest BCUT2D eigenvalue weighted by molar-refractivity contribution is 9.10. The standard InChI is InChI=1S/C15H9BrClFO3/c16-11-8-10(18)3-5-13(11)21-14-4-1-9(7-12(14)17)2-6-15(19)20/h1-8H,(H,19,20)/b6-2+. The summed E-state index contributed by atoms with van der Waals surface area (Å²) >= 11 is 9.28. The molecule has 0 aliphatic rings. The number of halogens is 3. The zero-order chi connectivity index (χ0) is 15.4. The quantitative estimate of drug-likeness (QED) is 0.758. The van der Waals surface area contributed by atoms with Gasteiger partial charge in [-0.05, 0) is 57.9 Å². The fraction of sp³-hybridized carbons (Fsp3) is 0. The van der Waals surface area contributed by atoms with Crippen LogP contribution in [0.25, 0.3) is 6.08 Å². The third kappa shape index (κ3) is 4.31. The first kappa shape index (κ1) is 15.5. The van der Waals surface area contributed by atoms with E-state index in [2.05, 4.69) is 15.9 Å². The average molecular weight is 372 g/mol. The maximum absolute atomic E-state index is 13.0. The zero-order valence-electron chi connectivity index (χ0n) is 10.5. The van der Waals surface area contributed by atoms with E-state index in [0.29, 0.717) is 26.6 Å². The molecular formula is C15H9BrClFO3. The van der Waals surface area contributed by atoms with Crippen LogP contribution in [-0.4, -0.2) is 11.1 Å². The summed E-state index contributed by atoms with van der Waals surface area (Å²) in [5, 5.41) is 8.88. The lowest BCUT2D eigenvalue weighted by Crippen LogP contribution is -1.89. The Morgan fingerprint density at radius 3 is 2.57 bits per heavy atom. The average Bonchev–Trinajstić information content (AvgIpc) is 2.42. The van der Waals surface area contributed by atoms with Crippen molar-refractivity contribution in [2.24, 2.45) is 0 Å². The van der Waals surface area contributed by atoms with Crippen LogP contribution >= 0.6 is 27.5 Å². The second-order valence-corrected chi connectivity index (χ2v) is 5.30. The van der Waals surface area contributed by atoms with Gasteiger partial charge in [0.25, 0.3) is 0 Å². The molecular weight excluding hydrogens is 363 g/mol. The van der Waals surface area contributed by atoms with Gasteiger partial charge in [-0.2, -0.15) is 0 Å². The Hall–Kier alpha value is -1.85. The number of carboxylic acids is 1. The molecule has 0 heterocycles. The van der Waals surface area contributed by atoms with Gasteiger partial charge in [-0.25, -0.2) is 9.18 Å². The van der Waals surface area contributed by atoms with Gasteiger partial charge in [-0.3, -0.25) is 0 Å². The minimum atomic E-state index is -1.04. The highest BCUT2D eigenvalue weighted by Crippen LogP contribution is 2.34. The fourth-order valence-corrected chi connectivity index (χ4v) is 2.21. The van der Waals surface area contributed by atoms with Gasteiger partial charge in [0.1, 0.15) is 17.3 Å². The molecule has 0 unspecified atom stereocenters. The van der Waals surface area contributed by atoms with Crippen LogP contribution in [0.2, 0.25) is 5.02 Å². The maximum atomic E-state index is 13.0. The minimum Gasteiger partial charge on any atom is -0.478 e. The van der Waals surface area contributed by atoms with E-state index in [0.717, 1.165) is 6.08 Å². The molecule has 0 amide bonds. The molecule has 2 aromatic carbocycles. The van der Waals surface area contributed by atoms with Crippen molar-refractivity contribution in [3.8, 4) is 11.5 Å². The lowest BCUT2D eigenvalue weighted by Gasteiger charge is -2.09. The van der Waals surface area contributed by atoms with Gasteiger partial charge in [0, 0.05) is 6.08 Å². The summed E-state index contributed by atoms with van der Waals surface area (Å²) in [5.74, 6) is -0.611. The number of aliphatic carboxylic acids is 1. The van der Waals surface area contributed by atoms with Gasteiger partial charge >= 0.3 is 5.97 Å². The molecule has 1 N–H and O–H groups in total. The van der Waals surface area contributed by atoms with E-state index in [-0.39, 0.29) is 5.82 Å². The molecule has 21 heavy (non-hydrogen) atoms. The third-order valence-electron chi connectivity index (χ3n) is 2.49. The number of carboxylic acid groups (broad SMARTS) is 1. The Morgan fingerprint density at radius 1 is 1.24 bits per heavy atom. The summed E-state index contributed by atoms with van der Waals surface area (Å²) in [6, 6.07) is 8.89. The number of ether oxygens (including phenoxy) is 1. The molecule has 108 valence electrons. The van der Waals surface area contributed by atoms with Crippen LogP contribution in [0, 0.1) is 5.82 Å². The minimum absolute atomic E-state index is 0.318. The number of hydrogen-bond donors (Lipinski definition) is 1. The smallest absolute Gasteiger partial charge is 0.328 e. The molecule has 0 aromatic heterocycles. The Labute approximate surface area is 133 Å². The summed E-state index contributed by atoms with van der Waals surface area (Å²) in [6.45, 7) is 0. The molecule has 3 nitrogen and oxygen atoms in total. The van der Waals surface area contributed by atoms with Crippen molar-refractivity contribution in [3.63, 3.8) is 0 Å². The highest BCUT2D eigenvalue weighted by Gasteiger charge is 2.07. The number of carbonyl (C=O) groups is 1. The topological polar surface area (TPSA) is 46.5 Å². The van der Waals surface area contributed by atoms with Crippen molar-refractivity contribution >= 4 is 39.6 Å². The van der Waals surface area contributed by atoms with E-state index in [4.69, 9.17) is 21.4 Å². The van der Waals surface area contributed by atoms with E-state index in [9.17, 15) is 9.18 Å². The molecule has 0 bridgehead atoms. The van der Waals surface area contributed by atoms with Crippen molar-refractivity contribution in [3.05, 3.63) is 63.4 Å². The van der Waals surface area contributed by atoms with Crippen LogP contribution in [-0.2, 0) is 4.79 Å². The van der Waals surface area contributed by atoms with Crippen molar-refractivity contribution in [1.29, 1.82) is 0 Å². The van der Waals surface area contributed by atoms with Gasteiger partial charge in [0.15, 0.2) is 0 Å². The van der Waals surface area contributed by atoms with Crippen molar-refractivity contribution in [2.45, 2.75) is 0 Å². The molecule has 0 saturated carbocycles. The second-order valence-electron chi connectivity index (χ2n) is 4.04. The van der Waals surface area contributed by atoms with Crippen LogP contribution < -0.4 is 4.74 Å². The van der Waals surface area contributed by atoms with Crippen molar-refractivity contribution in [2.75, 3.05) is 0 Å². The third-order valence-corrected chi connectivity index (χ3v) is 3.40. The van der Waals surface area contributed by atoms with Crippen LogP contribution in [0.1, 0.15) is 5.56 Å². The Morgan fingerprint density at radius 2 is 1.95 bits per heavy atom. The molecule has 0 saturated heterocycles. The number of benzene rings is 2. The van der Waals surface area contributed by atoms with Crippen LogP contribution in [0.4, 0.5) is 4.39 Å². The first-order valence-electron chi connectivity index (χ1n) is 5.79. The number of rotatable bonds is 4. The van der Waals surface area contributed by atoms with E-state index < -0.39 is 5.97 Å². The molecule has 0 radical (unpaired) electrons. The van der Waals surface area contributed by atoms with Gasteiger partial charge in [0.05, 0.1) is 9.50 Å². The van der Waals surface area contributed by atoms with Gasteiger partial charge < -0.3 is 9.84 Å². The van der Waals surface area contributed by atoms with Gasteiger partial charge in [0.2, 0.25) is 0 Å². The highest BCUT2D eigenvalue weighted by atomic mass is 79.9. The van der Waals surface area contributed by atoms with E-state index >= 15 is 0 Å². The normalized spacial score (nSPS) is 10.8. The first-order chi connectivity index (χ1) is 9.95. The molecule has 0 atom stereocenters. The van der Waals surface area contributed by atoms with E-state index in [1.807, 2.05) is 0 Å². The molecule has 0 aliphatic carbocycles. The molecule has 6 heteroatoms. The lowest BCUT2D eigenvalue weighted by atomic mass is 10.2. The summed E-state index contributed by atoms with van der Waals surface area (Å²) in [4.78, 5) is 10.5. The lowest BCUT2D eigenvalue weighted by molar-refractivity contribution is -0.131. The van der Waals surface area contributed by atoms with Crippen LogP contribution in [0.5, 0.6) is 11.5 Å². The maximum Gasteiger partial charge on any atom is 0.328 e.